The Morgan fingerprint density at radius 1 is 1.25 bits per heavy atom. The van der Waals surface area contributed by atoms with Crippen molar-refractivity contribution in [2.24, 2.45) is 0 Å². The predicted molar refractivity (Wildman–Crippen MR) is 67.1 cm³/mol. The van der Waals surface area contributed by atoms with Gasteiger partial charge in [-0.25, -0.2) is 0 Å². The second kappa shape index (κ2) is 5.35. The van der Waals surface area contributed by atoms with E-state index in [2.05, 4.69) is 37.4 Å². The molecule has 0 heterocycles. The molecule has 1 aliphatic carbocycles. The van der Waals surface area contributed by atoms with Crippen molar-refractivity contribution in [2.45, 2.75) is 39.2 Å². The fourth-order valence-electron chi connectivity index (χ4n) is 2.06. The van der Waals surface area contributed by atoms with Crippen molar-refractivity contribution in [3.63, 3.8) is 0 Å². The Morgan fingerprint density at radius 2 is 1.94 bits per heavy atom. The molecule has 2 rings (SSSR count). The maximum Gasteiger partial charge on any atom is 0.125 e. The minimum absolute atomic E-state index is 0.751. The molecule has 1 aromatic rings. The summed E-state index contributed by atoms with van der Waals surface area (Å²) in [6, 6.07) is 7.02. The summed E-state index contributed by atoms with van der Waals surface area (Å²) in [6.07, 6.45) is 4.06. The van der Waals surface area contributed by atoms with Gasteiger partial charge in [0.15, 0.2) is 0 Å². The Bertz CT molecular complexity index is 324. The molecule has 0 saturated heterocycles. The highest BCUT2D eigenvalue weighted by Crippen LogP contribution is 2.22. The van der Waals surface area contributed by atoms with Gasteiger partial charge in [-0.1, -0.05) is 24.6 Å². The predicted octanol–water partition coefficient (Wildman–Crippen LogP) is 2.82. The Balaban J connectivity index is 1.75. The van der Waals surface area contributed by atoms with Crippen LogP contribution in [-0.4, -0.2) is 19.2 Å². The fraction of sp³-hybridized carbons (Fsp3) is 0.571. The monoisotopic (exact) mass is 219 g/mol. The zero-order valence-electron chi connectivity index (χ0n) is 10.3. The highest BCUT2D eigenvalue weighted by Gasteiger charge is 2.15. The molecule has 88 valence electrons. The van der Waals surface area contributed by atoms with E-state index < -0.39 is 0 Å². The summed E-state index contributed by atoms with van der Waals surface area (Å²) in [5.41, 5.74) is 2.45. The van der Waals surface area contributed by atoms with Crippen LogP contribution < -0.4 is 10.1 Å². The van der Waals surface area contributed by atoms with Crippen LogP contribution in [-0.2, 0) is 0 Å². The van der Waals surface area contributed by atoms with E-state index in [4.69, 9.17) is 4.74 Å². The molecule has 0 atom stereocenters. The minimum Gasteiger partial charge on any atom is -0.492 e. The van der Waals surface area contributed by atoms with Gasteiger partial charge in [0.25, 0.3) is 0 Å². The summed E-state index contributed by atoms with van der Waals surface area (Å²) in [6.45, 7) is 5.92. The summed E-state index contributed by atoms with van der Waals surface area (Å²) >= 11 is 0. The van der Waals surface area contributed by atoms with Crippen LogP contribution in [0.1, 0.15) is 30.4 Å². The van der Waals surface area contributed by atoms with Gasteiger partial charge in [0.1, 0.15) is 12.4 Å². The normalized spacial score (nSPS) is 15.9. The van der Waals surface area contributed by atoms with Crippen molar-refractivity contribution >= 4 is 0 Å². The van der Waals surface area contributed by atoms with Crippen LogP contribution in [0.3, 0.4) is 0 Å². The Morgan fingerprint density at radius 3 is 2.50 bits per heavy atom. The molecule has 0 spiro atoms. The maximum absolute atomic E-state index is 5.82. The third-order valence-corrected chi connectivity index (χ3v) is 3.30. The standard InChI is InChI=1S/C14H21NO/c1-11-5-3-6-12(2)14(11)16-10-9-15-13-7-4-8-13/h3,5-6,13,15H,4,7-10H2,1-2H3. The summed E-state index contributed by atoms with van der Waals surface area (Å²) in [4.78, 5) is 0. The van der Waals surface area contributed by atoms with Crippen LogP contribution in [0.25, 0.3) is 0 Å². The third-order valence-electron chi connectivity index (χ3n) is 3.30. The van der Waals surface area contributed by atoms with E-state index in [0.717, 1.165) is 24.9 Å². The molecule has 0 bridgehead atoms. The van der Waals surface area contributed by atoms with E-state index in [1.807, 2.05) is 0 Å². The molecule has 1 fully saturated rings. The molecular weight excluding hydrogens is 198 g/mol. The molecule has 2 nitrogen and oxygen atoms in total. The van der Waals surface area contributed by atoms with Gasteiger partial charge in [-0.05, 0) is 37.8 Å². The average molecular weight is 219 g/mol. The molecule has 0 aromatic heterocycles. The number of hydrogen-bond acceptors (Lipinski definition) is 2. The fourth-order valence-corrected chi connectivity index (χ4v) is 2.06. The molecule has 2 heteroatoms. The number of benzene rings is 1. The number of ether oxygens (including phenoxy) is 1. The topological polar surface area (TPSA) is 21.3 Å². The summed E-state index contributed by atoms with van der Waals surface area (Å²) < 4.78 is 5.82. The van der Waals surface area contributed by atoms with E-state index >= 15 is 0 Å². The van der Waals surface area contributed by atoms with Crippen molar-refractivity contribution < 1.29 is 4.74 Å². The van der Waals surface area contributed by atoms with Gasteiger partial charge < -0.3 is 10.1 Å². The van der Waals surface area contributed by atoms with Gasteiger partial charge in [0.2, 0.25) is 0 Å². The number of rotatable bonds is 5. The Labute approximate surface area is 98.0 Å². The summed E-state index contributed by atoms with van der Waals surface area (Å²) in [5, 5.41) is 3.50. The average Bonchev–Trinajstić information content (AvgIpc) is 2.19. The maximum atomic E-state index is 5.82. The minimum atomic E-state index is 0.751. The first-order valence-electron chi connectivity index (χ1n) is 6.20. The second-order valence-corrected chi connectivity index (χ2v) is 4.65. The number of hydrogen-bond donors (Lipinski definition) is 1. The quantitative estimate of drug-likeness (QED) is 0.769. The number of para-hydroxylation sites is 1. The van der Waals surface area contributed by atoms with Gasteiger partial charge in [-0.2, -0.15) is 0 Å². The van der Waals surface area contributed by atoms with Crippen LogP contribution in [0.4, 0.5) is 0 Å². The summed E-state index contributed by atoms with van der Waals surface area (Å²) in [5.74, 6) is 1.05. The highest BCUT2D eigenvalue weighted by atomic mass is 16.5. The van der Waals surface area contributed by atoms with Crippen molar-refractivity contribution in [2.75, 3.05) is 13.2 Å². The lowest BCUT2D eigenvalue weighted by atomic mass is 9.93. The first-order chi connectivity index (χ1) is 7.77. The van der Waals surface area contributed by atoms with E-state index in [-0.39, 0.29) is 0 Å². The van der Waals surface area contributed by atoms with E-state index in [0.29, 0.717) is 0 Å². The van der Waals surface area contributed by atoms with Crippen LogP contribution in [0, 0.1) is 13.8 Å². The molecule has 1 aliphatic rings. The highest BCUT2D eigenvalue weighted by molar-refractivity contribution is 5.39. The van der Waals surface area contributed by atoms with Crippen molar-refractivity contribution in [1.29, 1.82) is 0 Å². The lowest BCUT2D eigenvalue weighted by Gasteiger charge is -2.26. The molecule has 1 N–H and O–H groups in total. The largest absolute Gasteiger partial charge is 0.492 e. The van der Waals surface area contributed by atoms with Gasteiger partial charge in [-0.15, -0.1) is 0 Å². The van der Waals surface area contributed by atoms with Gasteiger partial charge in [0.05, 0.1) is 0 Å². The molecule has 1 saturated carbocycles. The van der Waals surface area contributed by atoms with E-state index in [1.54, 1.807) is 0 Å². The van der Waals surface area contributed by atoms with Crippen LogP contribution >= 0.6 is 0 Å². The van der Waals surface area contributed by atoms with Crippen LogP contribution in [0.2, 0.25) is 0 Å². The number of aryl methyl sites for hydroxylation is 2. The number of nitrogens with one attached hydrogen (secondary N) is 1. The van der Waals surface area contributed by atoms with Crippen molar-refractivity contribution in [1.82, 2.24) is 5.32 Å². The van der Waals surface area contributed by atoms with Gasteiger partial charge >= 0.3 is 0 Å². The first-order valence-corrected chi connectivity index (χ1v) is 6.20. The van der Waals surface area contributed by atoms with Crippen molar-refractivity contribution in [3.8, 4) is 5.75 Å². The molecule has 0 amide bonds. The van der Waals surface area contributed by atoms with Gasteiger partial charge in [0, 0.05) is 12.6 Å². The second-order valence-electron chi connectivity index (χ2n) is 4.65. The Kier molecular flexibility index (Phi) is 3.83. The zero-order chi connectivity index (χ0) is 11.4. The van der Waals surface area contributed by atoms with Crippen LogP contribution in [0.15, 0.2) is 18.2 Å². The SMILES string of the molecule is Cc1cccc(C)c1OCCNC1CCC1. The molecule has 0 radical (unpaired) electrons. The van der Waals surface area contributed by atoms with Gasteiger partial charge in [-0.3, -0.25) is 0 Å². The molecular formula is C14H21NO. The third kappa shape index (κ3) is 2.76. The van der Waals surface area contributed by atoms with E-state index in [1.165, 1.54) is 30.4 Å². The zero-order valence-corrected chi connectivity index (χ0v) is 10.3. The molecule has 0 aliphatic heterocycles. The molecule has 0 unspecified atom stereocenters. The smallest absolute Gasteiger partial charge is 0.125 e. The van der Waals surface area contributed by atoms with E-state index in [9.17, 15) is 0 Å². The lowest BCUT2D eigenvalue weighted by molar-refractivity contribution is 0.274. The van der Waals surface area contributed by atoms with Crippen LogP contribution in [0.5, 0.6) is 5.75 Å². The molecule has 16 heavy (non-hydrogen) atoms. The first kappa shape index (κ1) is 11.5. The lowest BCUT2D eigenvalue weighted by Crippen LogP contribution is -2.37. The molecule has 1 aromatic carbocycles. The van der Waals surface area contributed by atoms with Crippen molar-refractivity contribution in [3.05, 3.63) is 29.3 Å². The summed E-state index contributed by atoms with van der Waals surface area (Å²) in [7, 11) is 0. The Hall–Kier alpha value is -1.02.